The van der Waals surface area contributed by atoms with E-state index in [9.17, 15) is 20.2 Å². The molecule has 0 spiro atoms. The van der Waals surface area contributed by atoms with Gasteiger partial charge in [-0.05, 0) is 23.6 Å². The molecule has 104 valence electrons. The van der Waals surface area contributed by atoms with Gasteiger partial charge in [-0.1, -0.05) is 0 Å². The molecule has 0 bridgehead atoms. The van der Waals surface area contributed by atoms with Crippen molar-refractivity contribution < 1.29 is 9.85 Å². The molecule has 2 aromatic heterocycles. The van der Waals surface area contributed by atoms with Gasteiger partial charge in [-0.15, -0.1) is 22.7 Å². The van der Waals surface area contributed by atoms with Crippen LogP contribution in [0.2, 0.25) is 0 Å². The number of nitro groups is 2. The minimum atomic E-state index is -0.371. The fourth-order valence-electron chi connectivity index (χ4n) is 2.61. The third-order valence-corrected chi connectivity index (χ3v) is 5.76. The molecule has 0 N–H and O–H groups in total. The van der Waals surface area contributed by atoms with E-state index in [-0.39, 0.29) is 33.1 Å². The minimum Gasteiger partial charge on any atom is -0.258 e. The zero-order chi connectivity index (χ0) is 14.3. The van der Waals surface area contributed by atoms with E-state index in [4.69, 9.17) is 0 Å². The topological polar surface area (TPSA) is 86.3 Å². The van der Waals surface area contributed by atoms with Gasteiger partial charge in [-0.3, -0.25) is 20.2 Å². The summed E-state index contributed by atoms with van der Waals surface area (Å²) in [5.41, 5.74) is 0.285. The third-order valence-electron chi connectivity index (χ3n) is 3.69. The lowest BCUT2D eigenvalue weighted by Crippen LogP contribution is -2.21. The Hall–Kier alpha value is -1.80. The van der Waals surface area contributed by atoms with Gasteiger partial charge in [0.25, 0.3) is 11.4 Å². The van der Waals surface area contributed by atoms with E-state index in [2.05, 4.69) is 0 Å². The minimum absolute atomic E-state index is 0.0350. The second-order valence-electron chi connectivity index (χ2n) is 4.64. The molecule has 1 aliphatic rings. The van der Waals surface area contributed by atoms with E-state index in [0.717, 1.165) is 22.6 Å². The van der Waals surface area contributed by atoms with Gasteiger partial charge in [0.15, 0.2) is 0 Å². The van der Waals surface area contributed by atoms with Crippen molar-refractivity contribution >= 4 is 34.0 Å². The van der Waals surface area contributed by atoms with Gasteiger partial charge in [-0.2, -0.15) is 0 Å². The van der Waals surface area contributed by atoms with Gasteiger partial charge >= 0.3 is 0 Å². The van der Waals surface area contributed by atoms with Gasteiger partial charge in [0, 0.05) is 24.0 Å². The fraction of sp³-hybridized carbons (Fsp3) is 0.333. The Morgan fingerprint density at radius 3 is 1.60 bits per heavy atom. The molecule has 1 aliphatic carbocycles. The summed E-state index contributed by atoms with van der Waals surface area (Å²) < 4.78 is 0. The van der Waals surface area contributed by atoms with Crippen molar-refractivity contribution in [3.8, 4) is 0 Å². The molecule has 8 heteroatoms. The second-order valence-corrected chi connectivity index (χ2v) is 6.54. The van der Waals surface area contributed by atoms with Crippen LogP contribution in [-0.2, 0) is 0 Å². The monoisotopic (exact) mass is 310 g/mol. The SMILES string of the molecule is O=[N+]([O-])c1ccsc1[C@@H]1CC[C@H]1c1sccc1[N+](=O)[O-]. The van der Waals surface area contributed by atoms with Crippen molar-refractivity contribution in [3.05, 3.63) is 52.9 Å². The summed E-state index contributed by atoms with van der Waals surface area (Å²) in [6.45, 7) is 0. The predicted molar refractivity (Wildman–Crippen MR) is 76.7 cm³/mol. The molecule has 2 heterocycles. The number of hydrogen-bond acceptors (Lipinski definition) is 6. The first-order valence-electron chi connectivity index (χ1n) is 6.03. The summed E-state index contributed by atoms with van der Waals surface area (Å²) >= 11 is 2.74. The second kappa shape index (κ2) is 4.95. The van der Waals surface area contributed by atoms with Crippen LogP contribution in [0.15, 0.2) is 22.9 Å². The number of hydrogen-bond donors (Lipinski definition) is 0. The van der Waals surface area contributed by atoms with Gasteiger partial charge in [0.2, 0.25) is 0 Å². The van der Waals surface area contributed by atoms with Crippen LogP contribution in [0.3, 0.4) is 0 Å². The lowest BCUT2D eigenvalue weighted by Gasteiger charge is -2.34. The van der Waals surface area contributed by atoms with E-state index < -0.39 is 0 Å². The van der Waals surface area contributed by atoms with Crippen molar-refractivity contribution in [2.75, 3.05) is 0 Å². The smallest absolute Gasteiger partial charge is 0.258 e. The molecule has 0 amide bonds. The standard InChI is InChI=1S/C12H10N2O4S2/c15-13(16)9-3-5-19-11(9)7-1-2-8(7)12-10(14(17)18)4-6-20-12/h3-8H,1-2H2/t7-,8-/m1/s1. The van der Waals surface area contributed by atoms with Gasteiger partial charge < -0.3 is 0 Å². The quantitative estimate of drug-likeness (QED) is 0.622. The van der Waals surface area contributed by atoms with E-state index in [1.54, 1.807) is 10.8 Å². The highest BCUT2D eigenvalue weighted by molar-refractivity contribution is 7.11. The van der Waals surface area contributed by atoms with Crippen LogP contribution in [0.5, 0.6) is 0 Å². The first kappa shape index (κ1) is 13.2. The molecule has 2 atom stereocenters. The Morgan fingerprint density at radius 2 is 1.30 bits per heavy atom. The van der Waals surface area contributed by atoms with Crippen molar-refractivity contribution in [1.82, 2.24) is 0 Å². The number of thiophene rings is 2. The molecule has 1 fully saturated rings. The summed E-state index contributed by atoms with van der Waals surface area (Å²) in [5, 5.41) is 25.4. The zero-order valence-corrected chi connectivity index (χ0v) is 11.9. The Morgan fingerprint density at radius 1 is 0.900 bits per heavy atom. The molecule has 1 saturated carbocycles. The van der Waals surface area contributed by atoms with Crippen LogP contribution >= 0.6 is 22.7 Å². The average Bonchev–Trinajstić information content (AvgIpc) is 2.96. The number of nitrogens with zero attached hydrogens (tertiary/aromatic N) is 2. The first-order chi connectivity index (χ1) is 9.59. The van der Waals surface area contributed by atoms with Gasteiger partial charge in [0.1, 0.15) is 0 Å². The average molecular weight is 310 g/mol. The van der Waals surface area contributed by atoms with Crippen molar-refractivity contribution in [3.63, 3.8) is 0 Å². The Kier molecular flexibility index (Phi) is 3.27. The fourth-order valence-corrected chi connectivity index (χ4v) is 4.74. The molecule has 0 radical (unpaired) electrons. The summed E-state index contributed by atoms with van der Waals surface area (Å²) in [7, 11) is 0. The molecule has 0 saturated heterocycles. The van der Waals surface area contributed by atoms with Crippen LogP contribution in [0.25, 0.3) is 0 Å². The highest BCUT2D eigenvalue weighted by atomic mass is 32.1. The Labute approximate surface area is 122 Å². The lowest BCUT2D eigenvalue weighted by atomic mass is 9.71. The Bertz CT molecular complexity index is 620. The summed E-state index contributed by atoms with van der Waals surface area (Å²) in [6, 6.07) is 3.02. The molecule has 2 aromatic rings. The van der Waals surface area contributed by atoms with Crippen LogP contribution in [-0.4, -0.2) is 9.85 Å². The molecule has 20 heavy (non-hydrogen) atoms. The first-order valence-corrected chi connectivity index (χ1v) is 7.79. The molecule has 3 rings (SSSR count). The van der Waals surface area contributed by atoms with Crippen LogP contribution in [0.4, 0.5) is 11.4 Å². The van der Waals surface area contributed by atoms with E-state index in [0.29, 0.717) is 0 Å². The summed E-state index contributed by atoms with van der Waals surface area (Å²) in [4.78, 5) is 22.8. The largest absolute Gasteiger partial charge is 0.283 e. The third kappa shape index (κ3) is 2.01. The summed E-state index contributed by atoms with van der Waals surface area (Å²) in [5.74, 6) is 0.0699. The maximum atomic E-state index is 11.0. The molecule has 0 unspecified atom stereocenters. The maximum Gasteiger partial charge on any atom is 0.283 e. The highest BCUT2D eigenvalue weighted by Gasteiger charge is 2.41. The van der Waals surface area contributed by atoms with Gasteiger partial charge in [0.05, 0.1) is 19.6 Å². The Balaban J connectivity index is 1.93. The van der Waals surface area contributed by atoms with E-state index in [1.807, 2.05) is 0 Å². The van der Waals surface area contributed by atoms with E-state index in [1.165, 1.54) is 34.8 Å². The molecule has 0 aromatic carbocycles. The number of rotatable bonds is 4. The van der Waals surface area contributed by atoms with Crippen molar-refractivity contribution in [2.24, 2.45) is 0 Å². The van der Waals surface area contributed by atoms with Crippen LogP contribution < -0.4 is 0 Å². The van der Waals surface area contributed by atoms with Crippen LogP contribution in [0.1, 0.15) is 34.4 Å². The highest BCUT2D eigenvalue weighted by Crippen LogP contribution is 2.55. The molecule has 0 aliphatic heterocycles. The molecular formula is C12H10N2O4S2. The zero-order valence-electron chi connectivity index (χ0n) is 10.2. The summed E-state index contributed by atoms with van der Waals surface area (Å²) in [6.07, 6.45) is 1.70. The van der Waals surface area contributed by atoms with Crippen LogP contribution in [0, 0.1) is 20.2 Å². The molecule has 6 nitrogen and oxygen atoms in total. The van der Waals surface area contributed by atoms with Crippen molar-refractivity contribution in [1.29, 1.82) is 0 Å². The lowest BCUT2D eigenvalue weighted by molar-refractivity contribution is -0.386. The normalized spacial score (nSPS) is 21.4. The maximum absolute atomic E-state index is 11.0. The van der Waals surface area contributed by atoms with Gasteiger partial charge in [-0.25, -0.2) is 0 Å². The predicted octanol–water partition coefficient (Wildman–Crippen LogP) is 4.29. The van der Waals surface area contributed by atoms with Crippen molar-refractivity contribution in [2.45, 2.75) is 24.7 Å². The van der Waals surface area contributed by atoms with E-state index >= 15 is 0 Å². The molecular weight excluding hydrogens is 300 g/mol.